The third kappa shape index (κ3) is 3.93. The SMILES string of the molecule is Cc1ccc(-c2cc(-c3ccccc3)cc(-c3ccccc3)c2-c2ccccc2)cc1. The maximum Gasteiger partial charge on any atom is -0.00264 e. The maximum atomic E-state index is 2.34. The first-order chi connectivity index (χ1) is 15.3. The summed E-state index contributed by atoms with van der Waals surface area (Å²) in [5, 5.41) is 0. The lowest BCUT2D eigenvalue weighted by atomic mass is 9.84. The van der Waals surface area contributed by atoms with Gasteiger partial charge in [-0.3, -0.25) is 0 Å². The van der Waals surface area contributed by atoms with Crippen molar-refractivity contribution >= 4 is 0 Å². The Kier molecular flexibility index (Phi) is 5.21. The van der Waals surface area contributed by atoms with E-state index in [1.54, 1.807) is 0 Å². The van der Waals surface area contributed by atoms with Crippen LogP contribution in [0.1, 0.15) is 5.56 Å². The highest BCUT2D eigenvalue weighted by molar-refractivity contribution is 5.97. The van der Waals surface area contributed by atoms with Crippen molar-refractivity contribution in [3.63, 3.8) is 0 Å². The van der Waals surface area contributed by atoms with E-state index < -0.39 is 0 Å². The lowest BCUT2D eigenvalue weighted by Crippen LogP contribution is -1.93. The van der Waals surface area contributed by atoms with Crippen molar-refractivity contribution in [2.75, 3.05) is 0 Å². The number of benzene rings is 5. The molecule has 5 aromatic rings. The molecule has 5 aromatic carbocycles. The fraction of sp³-hybridized carbons (Fsp3) is 0.0323. The van der Waals surface area contributed by atoms with E-state index in [0.717, 1.165) is 0 Å². The van der Waals surface area contributed by atoms with E-state index in [0.29, 0.717) is 0 Å². The minimum atomic E-state index is 1.23. The first-order valence-corrected chi connectivity index (χ1v) is 10.7. The van der Waals surface area contributed by atoms with Crippen molar-refractivity contribution in [1.29, 1.82) is 0 Å². The second-order valence-corrected chi connectivity index (χ2v) is 7.91. The molecule has 0 unspecified atom stereocenters. The van der Waals surface area contributed by atoms with Crippen molar-refractivity contribution in [2.45, 2.75) is 6.92 Å². The monoisotopic (exact) mass is 396 g/mol. The van der Waals surface area contributed by atoms with Gasteiger partial charge in [-0.05, 0) is 63.6 Å². The van der Waals surface area contributed by atoms with Crippen LogP contribution < -0.4 is 0 Å². The van der Waals surface area contributed by atoms with Gasteiger partial charge in [0.2, 0.25) is 0 Å². The maximum absolute atomic E-state index is 2.34. The van der Waals surface area contributed by atoms with Gasteiger partial charge in [0.25, 0.3) is 0 Å². The fourth-order valence-electron chi connectivity index (χ4n) is 4.16. The van der Waals surface area contributed by atoms with Crippen molar-refractivity contribution in [1.82, 2.24) is 0 Å². The number of rotatable bonds is 4. The van der Waals surface area contributed by atoms with Gasteiger partial charge in [-0.15, -0.1) is 0 Å². The normalized spacial score (nSPS) is 10.7. The molecule has 148 valence electrons. The minimum absolute atomic E-state index is 1.23. The molecular weight excluding hydrogens is 372 g/mol. The Morgan fingerprint density at radius 1 is 0.355 bits per heavy atom. The largest absolute Gasteiger partial charge is 0.0622 e. The topological polar surface area (TPSA) is 0 Å². The van der Waals surface area contributed by atoms with E-state index in [-0.39, 0.29) is 0 Å². The second-order valence-electron chi connectivity index (χ2n) is 7.91. The molecule has 0 atom stereocenters. The third-order valence-corrected chi connectivity index (χ3v) is 5.76. The van der Waals surface area contributed by atoms with Crippen LogP contribution in [0.25, 0.3) is 44.5 Å². The Morgan fingerprint density at radius 3 is 1.29 bits per heavy atom. The molecule has 0 aliphatic rings. The quantitative estimate of drug-likeness (QED) is 0.285. The minimum Gasteiger partial charge on any atom is -0.0622 e. The van der Waals surface area contributed by atoms with Crippen molar-refractivity contribution in [2.24, 2.45) is 0 Å². The molecule has 0 fully saturated rings. The van der Waals surface area contributed by atoms with Gasteiger partial charge in [0.1, 0.15) is 0 Å². The average molecular weight is 397 g/mol. The molecule has 0 aromatic heterocycles. The highest BCUT2D eigenvalue weighted by Gasteiger charge is 2.16. The molecule has 0 aliphatic carbocycles. The molecule has 5 rings (SSSR count). The van der Waals surface area contributed by atoms with Gasteiger partial charge in [-0.25, -0.2) is 0 Å². The summed E-state index contributed by atoms with van der Waals surface area (Å²) in [7, 11) is 0. The highest BCUT2D eigenvalue weighted by atomic mass is 14.2. The average Bonchev–Trinajstić information content (AvgIpc) is 2.85. The molecule has 0 heterocycles. The zero-order chi connectivity index (χ0) is 21.0. The van der Waals surface area contributed by atoms with Crippen LogP contribution in [-0.4, -0.2) is 0 Å². The Labute approximate surface area is 184 Å². The van der Waals surface area contributed by atoms with Crippen LogP contribution >= 0.6 is 0 Å². The van der Waals surface area contributed by atoms with Gasteiger partial charge >= 0.3 is 0 Å². The summed E-state index contributed by atoms with van der Waals surface area (Å²) in [5.74, 6) is 0. The molecule has 0 N–H and O–H groups in total. The van der Waals surface area contributed by atoms with E-state index in [4.69, 9.17) is 0 Å². The molecule has 0 nitrogen and oxygen atoms in total. The predicted molar refractivity (Wildman–Crippen MR) is 133 cm³/mol. The summed E-state index contributed by atoms with van der Waals surface area (Å²) in [5.41, 5.74) is 11.2. The number of aryl methyl sites for hydroxylation is 1. The third-order valence-electron chi connectivity index (χ3n) is 5.76. The lowest BCUT2D eigenvalue weighted by Gasteiger charge is -2.19. The standard InChI is InChI=1S/C31H24/c1-23-17-19-26(20-18-23)30-22-28(24-11-5-2-6-12-24)21-29(25-13-7-3-8-14-25)31(30)27-15-9-4-10-16-27/h2-22H,1H3. The van der Waals surface area contributed by atoms with Crippen molar-refractivity contribution in [3.8, 4) is 44.5 Å². The molecule has 0 saturated carbocycles. The number of hydrogen-bond acceptors (Lipinski definition) is 0. The molecule has 0 bridgehead atoms. The summed E-state index contributed by atoms with van der Waals surface area (Å²) in [6.07, 6.45) is 0. The van der Waals surface area contributed by atoms with Gasteiger partial charge in [0.05, 0.1) is 0 Å². The van der Waals surface area contributed by atoms with Gasteiger partial charge < -0.3 is 0 Å². The van der Waals surface area contributed by atoms with Gasteiger partial charge in [0.15, 0.2) is 0 Å². The van der Waals surface area contributed by atoms with Crippen molar-refractivity contribution < 1.29 is 0 Å². The Bertz CT molecular complexity index is 1280. The Morgan fingerprint density at radius 2 is 0.774 bits per heavy atom. The Hall–Kier alpha value is -3.90. The molecule has 0 amide bonds. The Balaban J connectivity index is 1.87. The van der Waals surface area contributed by atoms with Crippen LogP contribution in [0.3, 0.4) is 0 Å². The van der Waals surface area contributed by atoms with Gasteiger partial charge in [-0.1, -0.05) is 121 Å². The highest BCUT2D eigenvalue weighted by Crippen LogP contribution is 2.43. The zero-order valence-electron chi connectivity index (χ0n) is 17.6. The van der Waals surface area contributed by atoms with Crippen LogP contribution in [0.15, 0.2) is 127 Å². The first kappa shape index (κ1) is 19.1. The summed E-state index contributed by atoms with van der Waals surface area (Å²) in [6, 6.07) is 45.7. The number of hydrogen-bond donors (Lipinski definition) is 0. The summed E-state index contributed by atoms with van der Waals surface area (Å²) in [6.45, 7) is 2.14. The molecule has 31 heavy (non-hydrogen) atoms. The second kappa shape index (κ2) is 8.45. The summed E-state index contributed by atoms with van der Waals surface area (Å²) >= 11 is 0. The summed E-state index contributed by atoms with van der Waals surface area (Å²) in [4.78, 5) is 0. The molecule has 0 aliphatic heterocycles. The van der Waals surface area contributed by atoms with E-state index in [2.05, 4.69) is 134 Å². The van der Waals surface area contributed by atoms with Gasteiger partial charge in [0, 0.05) is 0 Å². The molecule has 0 spiro atoms. The zero-order valence-corrected chi connectivity index (χ0v) is 17.6. The van der Waals surface area contributed by atoms with Crippen LogP contribution in [-0.2, 0) is 0 Å². The molecular formula is C31H24. The van der Waals surface area contributed by atoms with E-state index in [9.17, 15) is 0 Å². The first-order valence-electron chi connectivity index (χ1n) is 10.7. The molecule has 0 radical (unpaired) electrons. The smallest absolute Gasteiger partial charge is 0.00264 e. The fourth-order valence-corrected chi connectivity index (χ4v) is 4.16. The van der Waals surface area contributed by atoms with E-state index >= 15 is 0 Å². The van der Waals surface area contributed by atoms with Crippen LogP contribution in [0, 0.1) is 6.92 Å². The van der Waals surface area contributed by atoms with E-state index in [1.807, 2.05) is 0 Å². The summed E-state index contributed by atoms with van der Waals surface area (Å²) < 4.78 is 0. The van der Waals surface area contributed by atoms with Crippen molar-refractivity contribution in [3.05, 3.63) is 133 Å². The van der Waals surface area contributed by atoms with Gasteiger partial charge in [-0.2, -0.15) is 0 Å². The van der Waals surface area contributed by atoms with E-state index in [1.165, 1.54) is 50.1 Å². The van der Waals surface area contributed by atoms with Crippen LogP contribution in [0.4, 0.5) is 0 Å². The molecule has 0 heteroatoms. The predicted octanol–water partition coefficient (Wildman–Crippen LogP) is 8.66. The lowest BCUT2D eigenvalue weighted by molar-refractivity contribution is 1.46. The van der Waals surface area contributed by atoms with Crippen LogP contribution in [0.5, 0.6) is 0 Å². The van der Waals surface area contributed by atoms with Crippen LogP contribution in [0.2, 0.25) is 0 Å². The molecule has 0 saturated heterocycles.